The van der Waals surface area contributed by atoms with Crippen LogP contribution in [0, 0.1) is 13.8 Å². The van der Waals surface area contributed by atoms with Gasteiger partial charge in [-0.05, 0) is 0 Å². The Kier molecular flexibility index (Phi) is 7.19. The van der Waals surface area contributed by atoms with Crippen molar-refractivity contribution in [1.82, 2.24) is 14.5 Å². The molecule has 1 amide bonds. The molecular formula is C30H28HgN3O2. The van der Waals surface area contributed by atoms with Crippen LogP contribution in [0.15, 0.2) is 83.7 Å². The van der Waals surface area contributed by atoms with Crippen LogP contribution in [0.5, 0.6) is 0 Å². The monoisotopic (exact) mass is 664 g/mol. The van der Waals surface area contributed by atoms with Gasteiger partial charge in [0, 0.05) is 0 Å². The van der Waals surface area contributed by atoms with Crippen molar-refractivity contribution in [1.29, 1.82) is 0 Å². The average Bonchev–Trinajstić information content (AvgIpc) is 2.88. The number of rotatable bonds is 5. The molecule has 0 aliphatic carbocycles. The first-order chi connectivity index (χ1) is 17.4. The summed E-state index contributed by atoms with van der Waals surface area (Å²) in [5.74, 6) is 0.0878. The number of hydrogen-bond acceptors (Lipinski definition) is 3. The maximum atomic E-state index is 13.9. The Hall–Kier alpha value is -3.05. The van der Waals surface area contributed by atoms with E-state index in [0.29, 0.717) is 25.9 Å². The summed E-state index contributed by atoms with van der Waals surface area (Å²) in [6.45, 7) is 5.06. The van der Waals surface area contributed by atoms with E-state index >= 15 is 0 Å². The van der Waals surface area contributed by atoms with Crippen molar-refractivity contribution in [2.75, 3.05) is 6.54 Å². The van der Waals surface area contributed by atoms with Crippen molar-refractivity contribution in [3.63, 3.8) is 0 Å². The summed E-state index contributed by atoms with van der Waals surface area (Å²) in [5.41, 5.74) is 7.07. The average molecular weight is 663 g/mol. The summed E-state index contributed by atoms with van der Waals surface area (Å²) in [6.07, 6.45) is 0.907. The van der Waals surface area contributed by atoms with Crippen LogP contribution in [0.1, 0.15) is 45.1 Å². The van der Waals surface area contributed by atoms with Crippen LogP contribution >= 0.6 is 0 Å². The number of nitrogens with zero attached hydrogens (tertiary/aromatic N) is 3. The summed E-state index contributed by atoms with van der Waals surface area (Å²) < 4.78 is 2.75. The van der Waals surface area contributed by atoms with Crippen LogP contribution in [-0.2, 0) is 50.3 Å². The summed E-state index contributed by atoms with van der Waals surface area (Å²) in [7, 11) is 0. The molecule has 0 N–H and O–H groups in total. The first-order valence-corrected chi connectivity index (χ1v) is 15.1. The molecule has 4 aromatic rings. The molecule has 0 fully saturated rings. The van der Waals surface area contributed by atoms with Gasteiger partial charge in [-0.3, -0.25) is 0 Å². The molecule has 0 atom stereocenters. The molecule has 3 aromatic carbocycles. The van der Waals surface area contributed by atoms with Crippen LogP contribution in [0.2, 0.25) is 0 Å². The van der Waals surface area contributed by atoms with Crippen LogP contribution in [0.25, 0.3) is 0 Å². The van der Waals surface area contributed by atoms with E-state index in [1.165, 1.54) is 5.56 Å². The zero-order chi connectivity index (χ0) is 25.2. The van der Waals surface area contributed by atoms with E-state index in [4.69, 9.17) is 4.98 Å². The zero-order valence-electron chi connectivity index (χ0n) is 20.8. The fourth-order valence-electron chi connectivity index (χ4n) is 5.11. The van der Waals surface area contributed by atoms with Crippen molar-refractivity contribution < 1.29 is 30.9 Å². The quantitative estimate of drug-likeness (QED) is 0.306. The SMILES string of the molecule is Cc1ccc(CC(=O)N2CCc3c(n[c]([Hg])n(C(c4ccccc4)c4ccccc4)c3=O)C2)c(C)c1. The van der Waals surface area contributed by atoms with Crippen molar-refractivity contribution in [3.05, 3.63) is 128 Å². The number of carbonyl (C=O) groups is 1. The molecule has 177 valence electrons. The molecule has 0 spiro atoms. The third-order valence-corrected chi connectivity index (χ3v) is 8.96. The molecule has 0 saturated heterocycles. The molecule has 1 aromatic heterocycles. The number of fused-ring (bicyclic) bond motifs is 1. The predicted octanol–water partition coefficient (Wildman–Crippen LogP) is 3.80. The van der Waals surface area contributed by atoms with Gasteiger partial charge in [-0.25, -0.2) is 0 Å². The Labute approximate surface area is 227 Å². The molecule has 5 rings (SSSR count). The van der Waals surface area contributed by atoms with Gasteiger partial charge in [-0.1, -0.05) is 0 Å². The Bertz CT molecular complexity index is 1430. The first kappa shape index (κ1) is 24.6. The van der Waals surface area contributed by atoms with Gasteiger partial charge >= 0.3 is 229 Å². The minimum absolute atomic E-state index is 0.0317. The zero-order valence-corrected chi connectivity index (χ0v) is 26.3. The first-order valence-electron chi connectivity index (χ1n) is 12.3. The molecule has 2 heterocycles. The summed E-state index contributed by atoms with van der Waals surface area (Å²) in [4.78, 5) is 33.9. The molecule has 5 nitrogen and oxygen atoms in total. The van der Waals surface area contributed by atoms with Gasteiger partial charge in [0.05, 0.1) is 0 Å². The van der Waals surface area contributed by atoms with E-state index in [2.05, 4.69) is 50.2 Å². The van der Waals surface area contributed by atoms with Crippen molar-refractivity contribution >= 4 is 9.24 Å². The van der Waals surface area contributed by atoms with Crippen molar-refractivity contribution in [2.45, 2.75) is 39.3 Å². The number of benzene rings is 3. The topological polar surface area (TPSA) is 55.2 Å². The van der Waals surface area contributed by atoms with Gasteiger partial charge in [-0.2, -0.15) is 0 Å². The van der Waals surface area contributed by atoms with E-state index in [-0.39, 0.29) is 43.6 Å². The van der Waals surface area contributed by atoms with Crippen LogP contribution in [-0.4, -0.2) is 26.9 Å². The van der Waals surface area contributed by atoms with E-state index in [1.807, 2.05) is 51.9 Å². The third-order valence-electron chi connectivity index (χ3n) is 7.02. The predicted molar refractivity (Wildman–Crippen MR) is 137 cm³/mol. The molecular weight excluding hydrogens is 635 g/mol. The van der Waals surface area contributed by atoms with Gasteiger partial charge < -0.3 is 0 Å². The number of hydrogen-bond donors (Lipinski definition) is 0. The van der Waals surface area contributed by atoms with E-state index in [0.717, 1.165) is 36.8 Å². The molecule has 0 bridgehead atoms. The summed E-state index contributed by atoms with van der Waals surface area (Å²) >= 11 is 0.112. The number of aryl methyl sites for hydroxylation is 2. The molecule has 0 saturated carbocycles. The third kappa shape index (κ3) is 4.94. The second-order valence-corrected chi connectivity index (χ2v) is 12.0. The Balaban J connectivity index is 1.47. The molecule has 1 aliphatic heterocycles. The van der Waals surface area contributed by atoms with E-state index in [9.17, 15) is 9.59 Å². The van der Waals surface area contributed by atoms with Gasteiger partial charge in [-0.15, -0.1) is 0 Å². The second-order valence-electron chi connectivity index (χ2n) is 9.52. The fraction of sp³-hybridized carbons (Fsp3) is 0.233. The van der Waals surface area contributed by atoms with Crippen LogP contribution in [0.4, 0.5) is 0 Å². The van der Waals surface area contributed by atoms with Crippen LogP contribution < -0.4 is 8.89 Å². The van der Waals surface area contributed by atoms with E-state index < -0.39 is 0 Å². The number of carbonyl (C=O) groups excluding carboxylic acids is 1. The molecule has 0 radical (unpaired) electrons. The van der Waals surface area contributed by atoms with E-state index in [1.54, 1.807) is 0 Å². The normalized spacial score (nSPS) is 13.1. The minimum atomic E-state index is -0.214. The Morgan fingerprint density at radius 3 is 2.22 bits per heavy atom. The standard InChI is InChI=1S/C30H28N3O2.Hg/c1-21-13-14-25(22(2)17-21)18-28(34)32-16-15-26-27(19-32)31-20-33(30(26)35)29(23-9-5-3-6-10-23)24-11-7-4-8-12-24;/h3-14,17,29H,15-16,18-19H2,1-2H3;. The number of amides is 1. The molecule has 0 unspecified atom stereocenters. The molecule has 6 heteroatoms. The van der Waals surface area contributed by atoms with Crippen LogP contribution in [0.3, 0.4) is 0 Å². The van der Waals surface area contributed by atoms with Crippen molar-refractivity contribution in [2.24, 2.45) is 0 Å². The molecule has 36 heavy (non-hydrogen) atoms. The van der Waals surface area contributed by atoms with Gasteiger partial charge in [0.2, 0.25) is 0 Å². The Morgan fingerprint density at radius 1 is 0.972 bits per heavy atom. The van der Waals surface area contributed by atoms with Gasteiger partial charge in [0.1, 0.15) is 0 Å². The van der Waals surface area contributed by atoms with Crippen molar-refractivity contribution in [3.8, 4) is 0 Å². The second kappa shape index (κ2) is 10.5. The molecule has 1 aliphatic rings. The number of aromatic nitrogens is 2. The maximum absolute atomic E-state index is 13.9. The van der Waals surface area contributed by atoms with Gasteiger partial charge in [0.15, 0.2) is 0 Å². The Morgan fingerprint density at radius 2 is 1.61 bits per heavy atom. The van der Waals surface area contributed by atoms with Gasteiger partial charge in [0.25, 0.3) is 0 Å². The summed E-state index contributed by atoms with van der Waals surface area (Å²) in [5, 5.41) is 0. The summed E-state index contributed by atoms with van der Waals surface area (Å²) in [6, 6.07) is 26.3. The fourth-order valence-corrected chi connectivity index (χ4v) is 7.12.